The largest absolute Gasteiger partial charge is 0.332 e. The van der Waals surface area contributed by atoms with Crippen LogP contribution in [0.25, 0.3) is 0 Å². The lowest BCUT2D eigenvalue weighted by molar-refractivity contribution is -0.902. The maximum atomic E-state index is 13.2. The Kier molecular flexibility index (Phi) is 3.25. The number of likely N-dealkylation sites (N-methyl/N-ethyl adjacent to an activating group) is 1. The number of carbonyl (C=O) groups excluding carboxylic acids is 2. The zero-order chi connectivity index (χ0) is 15.5. The van der Waals surface area contributed by atoms with Gasteiger partial charge in [0, 0.05) is 11.8 Å². The Balaban J connectivity index is 1.84. The molecule has 4 heteroatoms. The Morgan fingerprint density at radius 2 is 1.81 bits per heavy atom. The summed E-state index contributed by atoms with van der Waals surface area (Å²) in [4.78, 5) is 29.4. The van der Waals surface area contributed by atoms with Crippen LogP contribution < -0.4 is 4.90 Å². The Morgan fingerprint density at radius 1 is 1.19 bits per heavy atom. The van der Waals surface area contributed by atoms with E-state index in [1.165, 1.54) is 0 Å². The van der Waals surface area contributed by atoms with Crippen LogP contribution in [0.4, 0.5) is 0 Å². The van der Waals surface area contributed by atoms with E-state index in [-0.39, 0.29) is 16.7 Å². The Bertz CT molecular complexity index is 479. The number of hydrogen-bond donors (Lipinski definition) is 1. The van der Waals surface area contributed by atoms with Crippen molar-refractivity contribution in [2.24, 2.45) is 16.2 Å². The van der Waals surface area contributed by atoms with Gasteiger partial charge in [0.05, 0.1) is 38.1 Å². The zero-order valence-electron chi connectivity index (χ0n) is 13.9. The van der Waals surface area contributed by atoms with Crippen molar-refractivity contribution >= 4 is 11.7 Å². The molecule has 1 saturated heterocycles. The highest BCUT2D eigenvalue weighted by Gasteiger charge is 2.73. The summed E-state index contributed by atoms with van der Waals surface area (Å²) < 4.78 is 0. The maximum absolute atomic E-state index is 13.2. The number of fused-ring (bicyclic) bond motifs is 2. The SMILES string of the molecule is CC[NH+]1CCN(C(=O)[C@@]23CC[C@@](C)(C(=O)C2)C3(C)C)CC1. The number of nitrogens with zero attached hydrogens (tertiary/aromatic N) is 1. The minimum absolute atomic E-state index is 0.205. The lowest BCUT2D eigenvalue weighted by Gasteiger charge is -2.43. The molecular weight excluding hydrogens is 264 g/mol. The van der Waals surface area contributed by atoms with Crippen LogP contribution in [0.3, 0.4) is 0 Å². The van der Waals surface area contributed by atoms with Crippen molar-refractivity contribution in [2.75, 3.05) is 32.7 Å². The van der Waals surface area contributed by atoms with E-state index in [1.54, 1.807) is 4.90 Å². The van der Waals surface area contributed by atoms with Gasteiger partial charge in [-0.2, -0.15) is 0 Å². The van der Waals surface area contributed by atoms with Gasteiger partial charge in [-0.3, -0.25) is 9.59 Å². The van der Waals surface area contributed by atoms with Crippen LogP contribution >= 0.6 is 0 Å². The van der Waals surface area contributed by atoms with E-state index < -0.39 is 5.41 Å². The molecule has 1 amide bonds. The fourth-order valence-corrected chi connectivity index (χ4v) is 5.02. The first-order chi connectivity index (χ1) is 9.78. The van der Waals surface area contributed by atoms with Crippen molar-refractivity contribution < 1.29 is 14.5 Å². The quantitative estimate of drug-likeness (QED) is 0.806. The summed E-state index contributed by atoms with van der Waals surface area (Å²) in [6.07, 6.45) is 2.24. The molecule has 0 unspecified atom stereocenters. The minimum Gasteiger partial charge on any atom is -0.332 e. The topological polar surface area (TPSA) is 41.8 Å². The minimum atomic E-state index is -0.428. The van der Waals surface area contributed by atoms with Crippen LogP contribution in [-0.4, -0.2) is 49.3 Å². The molecule has 4 nitrogen and oxygen atoms in total. The molecule has 3 rings (SSSR count). The third kappa shape index (κ3) is 1.71. The molecule has 2 saturated carbocycles. The Labute approximate surface area is 127 Å². The second-order valence-corrected chi connectivity index (χ2v) is 8.03. The van der Waals surface area contributed by atoms with E-state index >= 15 is 0 Å². The van der Waals surface area contributed by atoms with Gasteiger partial charge in [-0.25, -0.2) is 0 Å². The van der Waals surface area contributed by atoms with Gasteiger partial charge in [0.2, 0.25) is 5.91 Å². The van der Waals surface area contributed by atoms with Gasteiger partial charge in [-0.15, -0.1) is 0 Å². The van der Waals surface area contributed by atoms with Crippen molar-refractivity contribution in [3.8, 4) is 0 Å². The molecule has 0 radical (unpaired) electrons. The predicted molar refractivity (Wildman–Crippen MR) is 81.0 cm³/mol. The highest BCUT2D eigenvalue weighted by molar-refractivity contribution is 5.99. The summed E-state index contributed by atoms with van der Waals surface area (Å²) in [6.45, 7) is 13.5. The first-order valence-corrected chi connectivity index (χ1v) is 8.45. The standard InChI is InChI=1S/C17H28N2O2/c1-5-18-8-10-19(11-9-18)14(21)17-7-6-16(4,13(20)12-17)15(17,2)3/h5-12H2,1-4H3/p+1/t16-,17+/m0/s1. The third-order valence-electron chi connectivity index (χ3n) is 7.37. The van der Waals surface area contributed by atoms with E-state index in [2.05, 4.69) is 27.7 Å². The highest BCUT2D eigenvalue weighted by Crippen LogP contribution is 2.70. The first-order valence-electron chi connectivity index (χ1n) is 8.45. The molecular formula is C17H29N2O2+. The molecule has 3 fully saturated rings. The van der Waals surface area contributed by atoms with E-state index in [0.717, 1.165) is 45.6 Å². The molecule has 1 N–H and O–H groups in total. The van der Waals surface area contributed by atoms with Crippen LogP contribution in [0.5, 0.6) is 0 Å². The normalized spacial score (nSPS) is 39.0. The van der Waals surface area contributed by atoms with Crippen molar-refractivity contribution in [1.82, 2.24) is 4.90 Å². The molecule has 0 aromatic heterocycles. The van der Waals surface area contributed by atoms with Crippen LogP contribution in [0.1, 0.15) is 47.0 Å². The number of quaternary nitrogens is 1. The van der Waals surface area contributed by atoms with E-state index in [0.29, 0.717) is 12.2 Å². The molecule has 2 atom stereocenters. The van der Waals surface area contributed by atoms with E-state index in [4.69, 9.17) is 0 Å². The van der Waals surface area contributed by atoms with Crippen molar-refractivity contribution in [3.05, 3.63) is 0 Å². The number of ketones is 1. The van der Waals surface area contributed by atoms with Crippen molar-refractivity contribution in [3.63, 3.8) is 0 Å². The smallest absolute Gasteiger partial charge is 0.230 e. The molecule has 118 valence electrons. The monoisotopic (exact) mass is 293 g/mol. The van der Waals surface area contributed by atoms with Gasteiger partial charge in [-0.05, 0) is 25.2 Å². The molecule has 21 heavy (non-hydrogen) atoms. The molecule has 2 bridgehead atoms. The summed E-state index contributed by atoms with van der Waals surface area (Å²) in [5.74, 6) is 0.571. The fourth-order valence-electron chi connectivity index (χ4n) is 5.02. The van der Waals surface area contributed by atoms with E-state index in [9.17, 15) is 9.59 Å². The number of piperazine rings is 1. The number of rotatable bonds is 2. The molecule has 0 aromatic rings. The number of amides is 1. The van der Waals surface area contributed by atoms with Gasteiger partial charge in [-0.1, -0.05) is 20.8 Å². The van der Waals surface area contributed by atoms with Crippen LogP contribution in [0.2, 0.25) is 0 Å². The molecule has 3 aliphatic rings. The number of carbonyl (C=O) groups is 2. The summed E-state index contributed by atoms with van der Waals surface area (Å²) >= 11 is 0. The maximum Gasteiger partial charge on any atom is 0.230 e. The van der Waals surface area contributed by atoms with Gasteiger partial charge < -0.3 is 9.80 Å². The predicted octanol–water partition coefficient (Wildman–Crippen LogP) is 0.519. The molecule has 1 aliphatic heterocycles. The van der Waals surface area contributed by atoms with Crippen molar-refractivity contribution in [1.29, 1.82) is 0 Å². The number of Topliss-reactive ketones (excluding diaryl/α,β-unsaturated/α-hetero) is 1. The average molecular weight is 293 g/mol. The van der Waals surface area contributed by atoms with Gasteiger partial charge in [0.15, 0.2) is 0 Å². The Hall–Kier alpha value is -0.900. The second kappa shape index (κ2) is 4.55. The zero-order valence-corrected chi connectivity index (χ0v) is 13.9. The van der Waals surface area contributed by atoms with Gasteiger partial charge in [0.1, 0.15) is 5.78 Å². The lowest BCUT2D eigenvalue weighted by atomic mass is 9.64. The van der Waals surface area contributed by atoms with Gasteiger partial charge in [0.25, 0.3) is 0 Å². The summed E-state index contributed by atoms with van der Waals surface area (Å²) in [5.41, 5.74) is -0.926. The summed E-state index contributed by atoms with van der Waals surface area (Å²) in [5, 5.41) is 0. The molecule has 1 heterocycles. The van der Waals surface area contributed by atoms with E-state index in [1.807, 2.05) is 4.90 Å². The molecule has 2 aliphatic carbocycles. The number of nitrogens with one attached hydrogen (secondary N) is 1. The summed E-state index contributed by atoms with van der Waals surface area (Å²) in [6, 6.07) is 0. The van der Waals surface area contributed by atoms with Crippen LogP contribution in [0, 0.1) is 16.2 Å². The number of hydrogen-bond acceptors (Lipinski definition) is 2. The van der Waals surface area contributed by atoms with Crippen molar-refractivity contribution in [2.45, 2.75) is 47.0 Å². The molecule has 0 spiro atoms. The lowest BCUT2D eigenvalue weighted by Crippen LogP contribution is -3.14. The van der Waals surface area contributed by atoms with Crippen LogP contribution in [0.15, 0.2) is 0 Å². The van der Waals surface area contributed by atoms with Crippen LogP contribution in [-0.2, 0) is 9.59 Å². The van der Waals surface area contributed by atoms with Gasteiger partial charge >= 0.3 is 0 Å². The third-order valence-corrected chi connectivity index (χ3v) is 7.37. The highest BCUT2D eigenvalue weighted by atomic mass is 16.2. The average Bonchev–Trinajstić information content (AvgIpc) is 2.77. The Morgan fingerprint density at radius 3 is 2.24 bits per heavy atom. The molecule has 0 aromatic carbocycles. The first kappa shape index (κ1) is 15.0. The second-order valence-electron chi connectivity index (χ2n) is 8.03. The fraction of sp³-hybridized carbons (Fsp3) is 0.882. The summed E-state index contributed by atoms with van der Waals surface area (Å²) in [7, 11) is 0.